The van der Waals surface area contributed by atoms with Crippen molar-refractivity contribution in [3.8, 4) is 62.1 Å². The van der Waals surface area contributed by atoms with Crippen LogP contribution in [0.1, 0.15) is 0 Å². The van der Waals surface area contributed by atoms with Gasteiger partial charge in [-0.15, -0.1) is 10.2 Å². The van der Waals surface area contributed by atoms with E-state index in [1.54, 1.807) is 4.80 Å². The number of fused-ring (bicyclic) bond motifs is 8. The van der Waals surface area contributed by atoms with Crippen LogP contribution in [-0.4, -0.2) is 29.9 Å². The van der Waals surface area contributed by atoms with E-state index >= 15 is 0 Å². The molecular weight excluding hydrogens is 737 g/mol. The molecule has 0 aliphatic carbocycles. The molecule has 0 fully saturated rings. The largest absolute Gasteiger partial charge is 0.456 e. The number of furan rings is 1. The average Bonchev–Trinajstić information content (AvgIpc) is 3.94. The number of hydrogen-bond acceptors (Lipinski definition) is 6. The maximum atomic E-state index is 6.32. The molecule has 0 aliphatic rings. The van der Waals surface area contributed by atoms with E-state index in [0.717, 1.165) is 99.1 Å². The lowest BCUT2D eigenvalue weighted by Crippen LogP contribution is -2.01. The Hall–Kier alpha value is -8.29. The van der Waals surface area contributed by atoms with Gasteiger partial charge in [-0.05, 0) is 80.9 Å². The molecule has 0 spiro atoms. The van der Waals surface area contributed by atoms with Crippen molar-refractivity contribution < 1.29 is 4.42 Å². The van der Waals surface area contributed by atoms with Crippen molar-refractivity contribution in [3.63, 3.8) is 0 Å². The normalized spacial score (nSPS) is 11.7. The summed E-state index contributed by atoms with van der Waals surface area (Å²) in [7, 11) is 0. The molecule has 0 saturated heterocycles. The van der Waals surface area contributed by atoms with E-state index < -0.39 is 0 Å². The van der Waals surface area contributed by atoms with Crippen LogP contribution in [0.5, 0.6) is 0 Å². The van der Waals surface area contributed by atoms with Gasteiger partial charge >= 0.3 is 0 Å². The molecule has 0 bridgehead atoms. The summed E-state index contributed by atoms with van der Waals surface area (Å²) in [5, 5.41) is 16.3. The molecular formula is C53H32N6O. The fraction of sp³-hybridized carbons (Fsp3) is 0. The molecule has 0 N–H and O–H groups in total. The van der Waals surface area contributed by atoms with E-state index in [0.29, 0.717) is 17.5 Å². The minimum atomic E-state index is 0.570. The Morgan fingerprint density at radius 2 is 1.00 bits per heavy atom. The Balaban J connectivity index is 1.07. The molecule has 3 aromatic heterocycles. The number of rotatable bonds is 6. The highest BCUT2D eigenvalue weighted by Gasteiger charge is 2.20. The molecule has 60 heavy (non-hydrogen) atoms. The van der Waals surface area contributed by atoms with Gasteiger partial charge in [-0.3, -0.25) is 0 Å². The van der Waals surface area contributed by atoms with Crippen LogP contribution >= 0.6 is 0 Å². The predicted molar refractivity (Wildman–Crippen MR) is 242 cm³/mol. The highest BCUT2D eigenvalue weighted by Crippen LogP contribution is 2.40. The fourth-order valence-electron chi connectivity index (χ4n) is 8.47. The van der Waals surface area contributed by atoms with Crippen LogP contribution in [0.15, 0.2) is 199 Å². The third kappa shape index (κ3) is 5.63. The van der Waals surface area contributed by atoms with Gasteiger partial charge in [-0.2, -0.15) is 4.80 Å². The molecule has 0 atom stereocenters. The number of para-hydroxylation sites is 2. The monoisotopic (exact) mass is 768 g/mol. The van der Waals surface area contributed by atoms with Crippen molar-refractivity contribution in [2.24, 2.45) is 0 Å². The summed E-state index contributed by atoms with van der Waals surface area (Å²) in [6, 6.07) is 66.5. The second-order valence-electron chi connectivity index (χ2n) is 14.9. The first-order valence-electron chi connectivity index (χ1n) is 19.9. The minimum absolute atomic E-state index is 0.570. The summed E-state index contributed by atoms with van der Waals surface area (Å²) in [6.07, 6.45) is 0. The van der Waals surface area contributed by atoms with Gasteiger partial charge in [0.2, 0.25) is 0 Å². The van der Waals surface area contributed by atoms with Gasteiger partial charge in [0.25, 0.3) is 0 Å². The van der Waals surface area contributed by atoms with Crippen LogP contribution in [0.25, 0.3) is 117 Å². The summed E-state index contributed by atoms with van der Waals surface area (Å²) in [6.45, 7) is 0. The maximum absolute atomic E-state index is 6.32. The Bertz CT molecular complexity index is 3610. The number of benzene rings is 9. The molecule has 0 saturated carbocycles. The second kappa shape index (κ2) is 13.7. The second-order valence-corrected chi connectivity index (χ2v) is 14.9. The van der Waals surface area contributed by atoms with Crippen molar-refractivity contribution >= 4 is 54.5 Å². The standard InChI is InChI=1S/C53H32N6O/c1-3-13-33(14-4-1)36-15-11-16-38(31-36)51-54-52(56-53(55-51)43-22-12-24-47-49(43)42-21-9-10-23-46(42)60-47)41-20-8-7-19-40(41)37-28-26-34-25-27-35-29-30-45-50(48(35)44(34)32-37)58-59(57-45)39-17-5-2-6-18-39/h1-32H. The number of hydrogen-bond donors (Lipinski definition) is 0. The summed E-state index contributed by atoms with van der Waals surface area (Å²) in [5.74, 6) is 1.73. The molecule has 7 nitrogen and oxygen atoms in total. The van der Waals surface area contributed by atoms with Crippen LogP contribution in [0, 0.1) is 0 Å². The molecule has 280 valence electrons. The van der Waals surface area contributed by atoms with E-state index in [1.807, 2.05) is 78.9 Å². The Morgan fingerprint density at radius 1 is 0.367 bits per heavy atom. The van der Waals surface area contributed by atoms with Crippen molar-refractivity contribution in [1.29, 1.82) is 0 Å². The highest BCUT2D eigenvalue weighted by atomic mass is 16.3. The predicted octanol–water partition coefficient (Wildman–Crippen LogP) is 13.1. The molecule has 9 aromatic carbocycles. The van der Waals surface area contributed by atoms with Crippen LogP contribution in [0.2, 0.25) is 0 Å². The third-order valence-corrected chi connectivity index (χ3v) is 11.3. The number of aromatic nitrogens is 6. The molecule has 0 aliphatic heterocycles. The van der Waals surface area contributed by atoms with Gasteiger partial charge in [0.05, 0.1) is 5.69 Å². The van der Waals surface area contributed by atoms with Crippen molar-refractivity contribution in [2.75, 3.05) is 0 Å². The molecule has 0 unspecified atom stereocenters. The Kier molecular flexibility index (Phi) is 7.71. The SMILES string of the molecule is c1ccc(-c2cccc(-c3nc(-c4ccccc4-c4ccc5ccc6ccc7nn(-c8ccccc8)nc7c6c5c4)nc(-c4cccc5oc6ccccc6c45)n3)c2)cc1. The fourth-order valence-corrected chi connectivity index (χ4v) is 8.47. The average molecular weight is 769 g/mol. The van der Waals surface area contributed by atoms with Crippen LogP contribution in [0.4, 0.5) is 0 Å². The van der Waals surface area contributed by atoms with E-state index in [4.69, 9.17) is 29.6 Å². The van der Waals surface area contributed by atoms with Gasteiger partial charge in [0.1, 0.15) is 22.2 Å². The van der Waals surface area contributed by atoms with E-state index in [9.17, 15) is 0 Å². The summed E-state index contributed by atoms with van der Waals surface area (Å²) in [4.78, 5) is 17.5. The topological polar surface area (TPSA) is 82.5 Å². The van der Waals surface area contributed by atoms with Gasteiger partial charge in [-0.25, -0.2) is 15.0 Å². The molecule has 7 heteroatoms. The zero-order chi connectivity index (χ0) is 39.6. The molecule has 12 aromatic rings. The van der Waals surface area contributed by atoms with Crippen molar-refractivity contribution in [1.82, 2.24) is 29.9 Å². The van der Waals surface area contributed by atoms with Gasteiger partial charge in [0.15, 0.2) is 17.5 Å². The lowest BCUT2D eigenvalue weighted by molar-refractivity contribution is 0.669. The zero-order valence-electron chi connectivity index (χ0n) is 32.1. The lowest BCUT2D eigenvalue weighted by atomic mass is 9.94. The summed E-state index contributed by atoms with van der Waals surface area (Å²) < 4.78 is 6.32. The lowest BCUT2D eigenvalue weighted by Gasteiger charge is -2.14. The van der Waals surface area contributed by atoms with E-state index in [-0.39, 0.29) is 0 Å². The zero-order valence-corrected chi connectivity index (χ0v) is 32.1. The van der Waals surface area contributed by atoms with Crippen LogP contribution in [-0.2, 0) is 0 Å². The maximum Gasteiger partial charge on any atom is 0.164 e. The summed E-state index contributed by atoms with van der Waals surface area (Å²) in [5.41, 5.74) is 11.1. The van der Waals surface area contributed by atoms with E-state index in [1.165, 1.54) is 0 Å². The highest BCUT2D eigenvalue weighted by molar-refractivity contribution is 6.19. The van der Waals surface area contributed by atoms with Crippen molar-refractivity contribution in [2.45, 2.75) is 0 Å². The first-order valence-corrected chi connectivity index (χ1v) is 19.9. The third-order valence-electron chi connectivity index (χ3n) is 11.3. The first kappa shape index (κ1) is 33.8. The molecule has 3 heterocycles. The Labute approximate surface area is 343 Å². The molecule has 12 rings (SSSR count). The Morgan fingerprint density at radius 3 is 1.88 bits per heavy atom. The quantitative estimate of drug-likeness (QED) is 0.157. The van der Waals surface area contributed by atoms with E-state index in [2.05, 4.69) is 115 Å². The van der Waals surface area contributed by atoms with Gasteiger partial charge in [-0.1, -0.05) is 152 Å². The summed E-state index contributed by atoms with van der Waals surface area (Å²) >= 11 is 0. The van der Waals surface area contributed by atoms with Crippen LogP contribution in [0.3, 0.4) is 0 Å². The van der Waals surface area contributed by atoms with Gasteiger partial charge in [0, 0.05) is 32.8 Å². The first-order chi connectivity index (χ1) is 29.7. The minimum Gasteiger partial charge on any atom is -0.456 e. The smallest absolute Gasteiger partial charge is 0.164 e. The molecule has 0 radical (unpaired) electrons. The van der Waals surface area contributed by atoms with Gasteiger partial charge < -0.3 is 4.42 Å². The molecule has 0 amide bonds. The van der Waals surface area contributed by atoms with Crippen LogP contribution < -0.4 is 0 Å². The number of nitrogens with zero attached hydrogens (tertiary/aromatic N) is 6. The van der Waals surface area contributed by atoms with Crippen molar-refractivity contribution in [3.05, 3.63) is 194 Å².